The van der Waals surface area contributed by atoms with Crippen LogP contribution in [0.5, 0.6) is 0 Å². The first kappa shape index (κ1) is 24.7. The van der Waals surface area contributed by atoms with Crippen LogP contribution in [0, 0.1) is 11.6 Å². The molecule has 0 spiro atoms. The van der Waals surface area contributed by atoms with E-state index in [1.807, 2.05) is 0 Å². The molecule has 3 aromatic carbocycles. The van der Waals surface area contributed by atoms with Crippen molar-refractivity contribution in [3.05, 3.63) is 106 Å². The number of nitrogens with zero attached hydrogens (tertiary/aromatic N) is 3. The van der Waals surface area contributed by atoms with Crippen molar-refractivity contribution < 1.29 is 23.2 Å². The first-order valence-electron chi connectivity index (χ1n) is 11.8. The Morgan fingerprint density at radius 1 is 0.892 bits per heavy atom. The third-order valence-electron chi connectivity index (χ3n) is 6.35. The van der Waals surface area contributed by atoms with Gasteiger partial charge in [0.1, 0.15) is 11.6 Å². The van der Waals surface area contributed by atoms with Crippen molar-refractivity contribution >= 4 is 40.6 Å². The lowest BCUT2D eigenvalue weighted by Crippen LogP contribution is -2.48. The van der Waals surface area contributed by atoms with E-state index >= 15 is 0 Å². The summed E-state index contributed by atoms with van der Waals surface area (Å²) in [6.07, 6.45) is 1.58. The van der Waals surface area contributed by atoms with E-state index in [1.165, 1.54) is 24.3 Å². The number of piperazine rings is 1. The van der Waals surface area contributed by atoms with Crippen LogP contribution in [-0.4, -0.2) is 53.0 Å². The van der Waals surface area contributed by atoms with Gasteiger partial charge < -0.3 is 9.80 Å². The first-order valence-corrected chi connectivity index (χ1v) is 12.6. The minimum absolute atomic E-state index is 0.123. The Hall–Kier alpha value is -3.98. The molecule has 2 aliphatic rings. The number of carbonyl (C=O) groups is 3. The molecule has 0 N–H and O–H groups in total. The third-order valence-corrected chi connectivity index (χ3v) is 7.26. The molecule has 3 aromatic rings. The van der Waals surface area contributed by atoms with Gasteiger partial charge >= 0.3 is 0 Å². The maximum atomic E-state index is 14.0. The Morgan fingerprint density at radius 3 is 2.35 bits per heavy atom. The van der Waals surface area contributed by atoms with Crippen molar-refractivity contribution in [2.24, 2.45) is 0 Å². The fourth-order valence-corrected chi connectivity index (χ4v) is 5.19. The van der Waals surface area contributed by atoms with E-state index in [1.54, 1.807) is 59.5 Å². The van der Waals surface area contributed by atoms with E-state index in [0.717, 1.165) is 22.3 Å². The third kappa shape index (κ3) is 5.41. The molecule has 0 bridgehead atoms. The molecule has 6 nitrogen and oxygen atoms in total. The maximum Gasteiger partial charge on any atom is 0.293 e. The van der Waals surface area contributed by atoms with E-state index in [-0.39, 0.29) is 28.7 Å². The van der Waals surface area contributed by atoms with E-state index in [4.69, 9.17) is 0 Å². The Bertz CT molecular complexity index is 1390. The van der Waals surface area contributed by atoms with Gasteiger partial charge in [0.15, 0.2) is 0 Å². The second kappa shape index (κ2) is 10.6. The van der Waals surface area contributed by atoms with Gasteiger partial charge in [0.2, 0.25) is 0 Å². The summed E-state index contributed by atoms with van der Waals surface area (Å²) in [5.41, 5.74) is 2.28. The highest BCUT2D eigenvalue weighted by molar-refractivity contribution is 8.18. The normalized spacial score (nSPS) is 17.1. The number of halogens is 2. The second-order valence-corrected chi connectivity index (χ2v) is 9.73. The number of thioether (sulfide) groups is 1. The van der Waals surface area contributed by atoms with Crippen LogP contribution in [0.4, 0.5) is 19.3 Å². The summed E-state index contributed by atoms with van der Waals surface area (Å²) >= 11 is 0.795. The lowest BCUT2D eigenvalue weighted by molar-refractivity contribution is -0.123. The molecule has 2 aliphatic heterocycles. The number of hydrogen-bond donors (Lipinski definition) is 0. The van der Waals surface area contributed by atoms with Crippen molar-refractivity contribution in [2.45, 2.75) is 6.54 Å². The minimum Gasteiger partial charge on any atom is -0.368 e. The summed E-state index contributed by atoms with van der Waals surface area (Å²) in [7, 11) is 0. The van der Waals surface area contributed by atoms with Gasteiger partial charge in [-0.15, -0.1) is 0 Å². The summed E-state index contributed by atoms with van der Waals surface area (Å²) in [4.78, 5) is 43.6. The largest absolute Gasteiger partial charge is 0.368 e. The zero-order valence-corrected chi connectivity index (χ0v) is 20.6. The van der Waals surface area contributed by atoms with Gasteiger partial charge in [-0.25, -0.2) is 8.78 Å². The van der Waals surface area contributed by atoms with Crippen LogP contribution in [0.2, 0.25) is 0 Å². The highest BCUT2D eigenvalue weighted by atomic mass is 32.2. The highest BCUT2D eigenvalue weighted by Crippen LogP contribution is 2.33. The number of amides is 3. The molecule has 0 saturated carbocycles. The lowest BCUT2D eigenvalue weighted by atomic mass is 10.1. The Balaban J connectivity index is 1.25. The molecule has 37 heavy (non-hydrogen) atoms. The standard InChI is InChI=1S/C28H23F2N3O3S/c29-22-8-10-23(11-9-22)31-12-14-32(15-13-31)26(34)20-6-3-4-19(16-20)17-25-27(35)33(28(36)37-25)18-21-5-1-2-7-24(21)30/h1-11,16-17H,12-15,18H2/b25-17-. The van der Waals surface area contributed by atoms with Crippen molar-refractivity contribution in [3.8, 4) is 0 Å². The van der Waals surface area contributed by atoms with Crippen molar-refractivity contribution in [2.75, 3.05) is 31.1 Å². The molecule has 0 atom stereocenters. The quantitative estimate of drug-likeness (QED) is 0.436. The topological polar surface area (TPSA) is 60.9 Å². The average Bonchev–Trinajstić information content (AvgIpc) is 3.17. The maximum absolute atomic E-state index is 14.0. The number of imide groups is 1. The van der Waals surface area contributed by atoms with Crippen LogP contribution in [0.1, 0.15) is 21.5 Å². The van der Waals surface area contributed by atoms with Crippen molar-refractivity contribution in [1.82, 2.24) is 9.80 Å². The molecule has 188 valence electrons. The van der Waals surface area contributed by atoms with Crippen molar-refractivity contribution in [1.29, 1.82) is 0 Å². The minimum atomic E-state index is -0.494. The predicted octanol–water partition coefficient (Wildman–Crippen LogP) is 5.16. The van der Waals surface area contributed by atoms with Crippen LogP contribution in [-0.2, 0) is 11.3 Å². The van der Waals surface area contributed by atoms with Gasteiger partial charge in [0, 0.05) is 43.0 Å². The monoisotopic (exact) mass is 519 g/mol. The fraction of sp³-hybridized carbons (Fsp3) is 0.179. The predicted molar refractivity (Wildman–Crippen MR) is 139 cm³/mol. The van der Waals surface area contributed by atoms with Gasteiger partial charge in [-0.3, -0.25) is 19.3 Å². The first-order chi connectivity index (χ1) is 17.9. The number of rotatable bonds is 5. The van der Waals surface area contributed by atoms with Crippen molar-refractivity contribution in [3.63, 3.8) is 0 Å². The van der Waals surface area contributed by atoms with Crippen LogP contribution < -0.4 is 4.90 Å². The van der Waals surface area contributed by atoms with Crippen LogP contribution in [0.25, 0.3) is 6.08 Å². The molecular formula is C28H23F2N3O3S. The molecular weight excluding hydrogens is 496 g/mol. The van der Waals surface area contributed by atoms with Gasteiger partial charge in [0.05, 0.1) is 11.4 Å². The molecule has 0 unspecified atom stereocenters. The van der Waals surface area contributed by atoms with E-state index in [9.17, 15) is 23.2 Å². The molecule has 0 radical (unpaired) electrons. The van der Waals surface area contributed by atoms with Gasteiger partial charge in [-0.1, -0.05) is 30.3 Å². The Morgan fingerprint density at radius 2 is 1.62 bits per heavy atom. The molecule has 0 aliphatic carbocycles. The van der Waals surface area contributed by atoms with Gasteiger partial charge in [0.25, 0.3) is 17.1 Å². The second-order valence-electron chi connectivity index (χ2n) is 8.74. The van der Waals surface area contributed by atoms with Crippen LogP contribution >= 0.6 is 11.8 Å². The lowest BCUT2D eigenvalue weighted by Gasteiger charge is -2.36. The summed E-state index contributed by atoms with van der Waals surface area (Å²) in [5.74, 6) is -1.38. The fourth-order valence-electron chi connectivity index (χ4n) is 4.35. The zero-order chi connectivity index (χ0) is 25.9. The summed E-state index contributed by atoms with van der Waals surface area (Å²) in [5, 5.41) is -0.467. The number of anilines is 1. The van der Waals surface area contributed by atoms with E-state index < -0.39 is 17.0 Å². The number of hydrogen-bond acceptors (Lipinski definition) is 5. The van der Waals surface area contributed by atoms with E-state index in [0.29, 0.717) is 37.3 Å². The highest BCUT2D eigenvalue weighted by Gasteiger charge is 2.35. The van der Waals surface area contributed by atoms with Crippen LogP contribution in [0.15, 0.2) is 77.7 Å². The Labute approximate surface area is 217 Å². The van der Waals surface area contributed by atoms with Crippen LogP contribution in [0.3, 0.4) is 0 Å². The molecule has 2 saturated heterocycles. The summed E-state index contributed by atoms with van der Waals surface area (Å²) in [6, 6.07) is 19.2. The number of benzene rings is 3. The van der Waals surface area contributed by atoms with Gasteiger partial charge in [-0.05, 0) is 65.9 Å². The molecule has 5 rings (SSSR count). The molecule has 2 fully saturated rings. The molecule has 0 aromatic heterocycles. The Kier molecular flexibility index (Phi) is 7.05. The molecule has 9 heteroatoms. The molecule has 2 heterocycles. The SMILES string of the molecule is O=C(c1cccc(/C=C2\SC(=O)N(Cc3ccccc3F)C2=O)c1)N1CCN(c2ccc(F)cc2)CC1. The van der Waals surface area contributed by atoms with Gasteiger partial charge in [-0.2, -0.15) is 0 Å². The smallest absolute Gasteiger partial charge is 0.293 e. The zero-order valence-electron chi connectivity index (χ0n) is 19.8. The summed E-state index contributed by atoms with van der Waals surface area (Å²) in [6.45, 7) is 2.17. The molecule has 3 amide bonds. The summed E-state index contributed by atoms with van der Waals surface area (Å²) < 4.78 is 27.2. The average molecular weight is 520 g/mol. The van der Waals surface area contributed by atoms with E-state index in [2.05, 4.69) is 4.90 Å². The number of carbonyl (C=O) groups excluding carboxylic acids is 3.